The molecule has 156 valence electrons. The first-order chi connectivity index (χ1) is 15.0. The molecule has 0 radical (unpaired) electrons. The SMILES string of the molecule is O=C(NCCN1C(=O)S/C(=C\c2ccccc2F)C1=O)c1cn(-c2ccccc2)nn1. The molecule has 1 aromatic heterocycles. The highest BCUT2D eigenvalue weighted by Crippen LogP contribution is 2.32. The van der Waals surface area contributed by atoms with E-state index in [2.05, 4.69) is 15.6 Å². The van der Waals surface area contributed by atoms with Gasteiger partial charge in [0.1, 0.15) is 5.82 Å². The number of rotatable bonds is 6. The summed E-state index contributed by atoms with van der Waals surface area (Å²) in [7, 11) is 0. The summed E-state index contributed by atoms with van der Waals surface area (Å²) in [4.78, 5) is 38.1. The molecular formula is C21H16FN5O3S. The molecule has 10 heteroatoms. The Bertz CT molecular complexity index is 1180. The van der Waals surface area contributed by atoms with Gasteiger partial charge >= 0.3 is 0 Å². The summed E-state index contributed by atoms with van der Waals surface area (Å²) in [6, 6.07) is 15.2. The lowest BCUT2D eigenvalue weighted by atomic mass is 10.2. The molecule has 31 heavy (non-hydrogen) atoms. The van der Waals surface area contributed by atoms with Gasteiger partial charge in [-0.25, -0.2) is 9.07 Å². The minimum absolute atomic E-state index is 0.0160. The molecule has 1 fully saturated rings. The Balaban J connectivity index is 1.35. The monoisotopic (exact) mass is 437 g/mol. The van der Waals surface area contributed by atoms with Gasteiger partial charge in [0, 0.05) is 18.7 Å². The number of hydrogen-bond acceptors (Lipinski definition) is 6. The van der Waals surface area contributed by atoms with Crippen LogP contribution in [0.25, 0.3) is 11.8 Å². The molecule has 4 rings (SSSR count). The molecule has 2 aromatic carbocycles. The summed E-state index contributed by atoms with van der Waals surface area (Å²) in [6.07, 6.45) is 2.84. The van der Waals surface area contributed by atoms with Gasteiger partial charge in [0.25, 0.3) is 17.1 Å². The summed E-state index contributed by atoms with van der Waals surface area (Å²) in [6.45, 7) is 0.0277. The van der Waals surface area contributed by atoms with Gasteiger partial charge < -0.3 is 5.32 Å². The zero-order valence-corrected chi connectivity index (χ0v) is 16.9. The molecule has 0 unspecified atom stereocenters. The highest BCUT2D eigenvalue weighted by Gasteiger charge is 2.34. The maximum absolute atomic E-state index is 13.8. The average Bonchev–Trinajstić information content (AvgIpc) is 3.37. The van der Waals surface area contributed by atoms with Crippen LogP contribution in [0.15, 0.2) is 65.7 Å². The van der Waals surface area contributed by atoms with Crippen LogP contribution in [0.3, 0.4) is 0 Å². The molecular weight excluding hydrogens is 421 g/mol. The molecule has 0 bridgehead atoms. The lowest BCUT2D eigenvalue weighted by Crippen LogP contribution is -2.37. The fourth-order valence-corrected chi connectivity index (χ4v) is 3.73. The summed E-state index contributed by atoms with van der Waals surface area (Å²) in [5, 5.41) is 9.91. The van der Waals surface area contributed by atoms with Crippen LogP contribution in [-0.2, 0) is 4.79 Å². The van der Waals surface area contributed by atoms with E-state index in [0.29, 0.717) is 0 Å². The largest absolute Gasteiger partial charge is 0.349 e. The number of nitrogens with one attached hydrogen (secondary N) is 1. The molecule has 0 spiro atoms. The highest BCUT2D eigenvalue weighted by molar-refractivity contribution is 8.18. The topological polar surface area (TPSA) is 97.2 Å². The zero-order chi connectivity index (χ0) is 21.8. The minimum atomic E-state index is -0.525. The van der Waals surface area contributed by atoms with Crippen LogP contribution in [0, 0.1) is 5.82 Å². The predicted octanol–water partition coefficient (Wildman–Crippen LogP) is 2.87. The second-order valence-electron chi connectivity index (χ2n) is 6.49. The Morgan fingerprint density at radius 3 is 2.61 bits per heavy atom. The number of carbonyl (C=O) groups is 3. The molecule has 1 aliphatic heterocycles. The third-order valence-corrected chi connectivity index (χ3v) is 5.34. The quantitative estimate of drug-likeness (QED) is 0.596. The smallest absolute Gasteiger partial charge is 0.293 e. The van der Waals surface area contributed by atoms with E-state index in [0.717, 1.165) is 22.3 Å². The molecule has 1 saturated heterocycles. The fourth-order valence-electron chi connectivity index (χ4n) is 2.87. The number of imide groups is 1. The van der Waals surface area contributed by atoms with Gasteiger partial charge in [-0.15, -0.1) is 5.10 Å². The average molecular weight is 437 g/mol. The lowest BCUT2D eigenvalue weighted by molar-refractivity contribution is -0.122. The van der Waals surface area contributed by atoms with Crippen LogP contribution in [0.1, 0.15) is 16.1 Å². The Labute approximate surface area is 180 Å². The van der Waals surface area contributed by atoms with Crippen molar-refractivity contribution >= 4 is 34.9 Å². The third-order valence-electron chi connectivity index (χ3n) is 4.43. The third kappa shape index (κ3) is 4.53. The number of para-hydroxylation sites is 1. The number of thioether (sulfide) groups is 1. The fraction of sp³-hybridized carbons (Fsp3) is 0.0952. The standard InChI is InChI=1S/C21H16FN5O3S/c22-16-9-5-4-6-14(16)12-18-20(29)26(21(30)31-18)11-10-23-19(28)17-13-27(25-24-17)15-7-2-1-3-8-15/h1-9,12-13H,10-11H2,(H,23,28)/b18-12-. The maximum Gasteiger partial charge on any atom is 0.293 e. The van der Waals surface area contributed by atoms with Gasteiger partial charge in [-0.2, -0.15) is 0 Å². The van der Waals surface area contributed by atoms with Crippen molar-refractivity contribution in [2.24, 2.45) is 0 Å². The van der Waals surface area contributed by atoms with Crippen LogP contribution in [0.4, 0.5) is 9.18 Å². The van der Waals surface area contributed by atoms with Crippen LogP contribution in [-0.4, -0.2) is 50.0 Å². The van der Waals surface area contributed by atoms with Crippen molar-refractivity contribution in [3.8, 4) is 5.69 Å². The van der Waals surface area contributed by atoms with Crippen molar-refractivity contribution in [3.63, 3.8) is 0 Å². The van der Waals surface area contributed by atoms with Gasteiger partial charge in [-0.05, 0) is 36.0 Å². The van der Waals surface area contributed by atoms with Crippen LogP contribution < -0.4 is 5.32 Å². The predicted molar refractivity (Wildman–Crippen MR) is 113 cm³/mol. The normalized spacial score (nSPS) is 15.0. The van der Waals surface area contributed by atoms with Gasteiger partial charge in [-0.1, -0.05) is 41.6 Å². The van der Waals surface area contributed by atoms with E-state index in [9.17, 15) is 18.8 Å². The second-order valence-corrected chi connectivity index (χ2v) is 7.49. The second kappa shape index (κ2) is 8.92. The number of hydrogen-bond donors (Lipinski definition) is 1. The molecule has 0 saturated carbocycles. The first kappa shape index (κ1) is 20.5. The molecule has 0 atom stereocenters. The molecule has 1 N–H and O–H groups in total. The van der Waals surface area contributed by atoms with Gasteiger partial charge in [-0.3, -0.25) is 19.3 Å². The van der Waals surface area contributed by atoms with E-state index < -0.39 is 22.9 Å². The van der Waals surface area contributed by atoms with Gasteiger partial charge in [0.05, 0.1) is 16.8 Å². The van der Waals surface area contributed by atoms with Crippen molar-refractivity contribution < 1.29 is 18.8 Å². The zero-order valence-electron chi connectivity index (χ0n) is 16.1. The highest BCUT2D eigenvalue weighted by atomic mass is 32.2. The molecule has 2 heterocycles. The Kier molecular flexibility index (Phi) is 5.89. The van der Waals surface area contributed by atoms with Crippen LogP contribution >= 0.6 is 11.8 Å². The van der Waals surface area contributed by atoms with E-state index in [1.165, 1.54) is 29.1 Å². The van der Waals surface area contributed by atoms with E-state index in [1.54, 1.807) is 12.1 Å². The van der Waals surface area contributed by atoms with E-state index in [4.69, 9.17) is 0 Å². The summed E-state index contributed by atoms with van der Waals surface area (Å²) in [5.41, 5.74) is 1.09. The number of nitrogens with zero attached hydrogens (tertiary/aromatic N) is 4. The number of aromatic nitrogens is 3. The first-order valence-electron chi connectivity index (χ1n) is 9.29. The van der Waals surface area contributed by atoms with E-state index in [1.807, 2.05) is 30.3 Å². The van der Waals surface area contributed by atoms with Gasteiger partial charge in [0.2, 0.25) is 0 Å². The van der Waals surface area contributed by atoms with Gasteiger partial charge in [0.15, 0.2) is 5.69 Å². The van der Waals surface area contributed by atoms with Crippen molar-refractivity contribution in [3.05, 3.63) is 82.8 Å². The molecule has 0 aliphatic carbocycles. The van der Waals surface area contributed by atoms with E-state index >= 15 is 0 Å². The first-order valence-corrected chi connectivity index (χ1v) is 10.1. The number of carbonyl (C=O) groups excluding carboxylic acids is 3. The van der Waals surface area contributed by atoms with Crippen molar-refractivity contribution in [2.75, 3.05) is 13.1 Å². The van der Waals surface area contributed by atoms with Crippen LogP contribution in [0.2, 0.25) is 0 Å². The van der Waals surface area contributed by atoms with Crippen molar-refractivity contribution in [2.45, 2.75) is 0 Å². The Morgan fingerprint density at radius 2 is 1.84 bits per heavy atom. The molecule has 8 nitrogen and oxygen atoms in total. The maximum atomic E-state index is 13.8. The Hall–Kier alpha value is -3.79. The van der Waals surface area contributed by atoms with Crippen LogP contribution in [0.5, 0.6) is 0 Å². The molecule has 3 amide bonds. The number of halogens is 1. The van der Waals surface area contributed by atoms with Crippen molar-refractivity contribution in [1.29, 1.82) is 0 Å². The molecule has 3 aromatic rings. The lowest BCUT2D eigenvalue weighted by Gasteiger charge is -2.12. The van der Waals surface area contributed by atoms with E-state index in [-0.39, 0.29) is 29.3 Å². The number of amides is 3. The summed E-state index contributed by atoms with van der Waals surface area (Å²) in [5.74, 6) is -1.48. The minimum Gasteiger partial charge on any atom is -0.349 e. The Morgan fingerprint density at radius 1 is 1.10 bits per heavy atom. The van der Waals surface area contributed by atoms with Crippen molar-refractivity contribution in [1.82, 2.24) is 25.2 Å². The number of benzene rings is 2. The molecule has 1 aliphatic rings. The summed E-state index contributed by atoms with van der Waals surface area (Å²) >= 11 is 0.735. The summed E-state index contributed by atoms with van der Waals surface area (Å²) < 4.78 is 15.3.